The van der Waals surface area contributed by atoms with Crippen LogP contribution in [0, 0.1) is 5.82 Å². The SMILES string of the molecule is O=c1c2ccccc2nc(-c2cc3cc(Cl)ccc3o2)n1N=Cc1ccc(-c2ccc(F)cc2Br)o1. The highest BCUT2D eigenvalue weighted by Gasteiger charge is 2.17. The number of halogens is 3. The molecule has 6 rings (SSSR count). The van der Waals surface area contributed by atoms with E-state index in [1.165, 1.54) is 23.0 Å². The van der Waals surface area contributed by atoms with E-state index in [0.29, 0.717) is 48.8 Å². The van der Waals surface area contributed by atoms with Gasteiger partial charge in [-0.2, -0.15) is 9.78 Å². The number of hydrogen-bond donors (Lipinski definition) is 0. The van der Waals surface area contributed by atoms with Crippen molar-refractivity contribution < 1.29 is 13.2 Å². The van der Waals surface area contributed by atoms with Gasteiger partial charge in [-0.05, 0) is 82.7 Å². The molecule has 3 heterocycles. The van der Waals surface area contributed by atoms with Crippen LogP contribution in [0.1, 0.15) is 5.76 Å². The molecule has 0 amide bonds. The Hall–Kier alpha value is -4.01. The van der Waals surface area contributed by atoms with Crippen LogP contribution in [0.3, 0.4) is 0 Å². The minimum atomic E-state index is -0.363. The lowest BCUT2D eigenvalue weighted by atomic mass is 10.2. The van der Waals surface area contributed by atoms with Gasteiger partial charge in [0, 0.05) is 20.4 Å². The molecule has 176 valence electrons. The number of hydrogen-bond acceptors (Lipinski definition) is 5. The molecule has 6 nitrogen and oxygen atoms in total. The first-order valence-corrected chi connectivity index (χ1v) is 11.9. The average Bonchev–Trinajstić information content (AvgIpc) is 3.50. The fourth-order valence-electron chi connectivity index (χ4n) is 3.89. The summed E-state index contributed by atoms with van der Waals surface area (Å²) in [4.78, 5) is 18.0. The molecular formula is C27H14BrClFN3O3. The normalized spacial score (nSPS) is 11.8. The minimum Gasteiger partial charge on any atom is -0.455 e. The summed E-state index contributed by atoms with van der Waals surface area (Å²) in [6.07, 6.45) is 1.42. The second-order valence-electron chi connectivity index (χ2n) is 7.93. The van der Waals surface area contributed by atoms with E-state index in [4.69, 9.17) is 20.4 Å². The van der Waals surface area contributed by atoms with Crippen molar-refractivity contribution in [1.29, 1.82) is 0 Å². The molecule has 0 N–H and O–H groups in total. The van der Waals surface area contributed by atoms with Crippen molar-refractivity contribution in [2.24, 2.45) is 5.10 Å². The number of para-hydroxylation sites is 1. The molecule has 0 saturated heterocycles. The van der Waals surface area contributed by atoms with Crippen LogP contribution in [0.25, 0.3) is 44.8 Å². The molecule has 0 radical (unpaired) electrons. The second-order valence-corrected chi connectivity index (χ2v) is 9.22. The van der Waals surface area contributed by atoms with Gasteiger partial charge in [0.2, 0.25) is 5.82 Å². The first-order chi connectivity index (χ1) is 17.5. The van der Waals surface area contributed by atoms with E-state index >= 15 is 0 Å². The first kappa shape index (κ1) is 22.5. The van der Waals surface area contributed by atoms with E-state index in [1.54, 1.807) is 60.7 Å². The van der Waals surface area contributed by atoms with Crippen LogP contribution < -0.4 is 5.56 Å². The fraction of sp³-hybridized carbons (Fsp3) is 0. The van der Waals surface area contributed by atoms with Gasteiger partial charge >= 0.3 is 0 Å². The van der Waals surface area contributed by atoms with Crippen molar-refractivity contribution in [3.05, 3.63) is 110 Å². The van der Waals surface area contributed by atoms with Crippen LogP contribution >= 0.6 is 27.5 Å². The van der Waals surface area contributed by atoms with Crippen LogP contribution in [-0.2, 0) is 0 Å². The molecule has 9 heteroatoms. The van der Waals surface area contributed by atoms with E-state index in [9.17, 15) is 9.18 Å². The third kappa shape index (κ3) is 4.04. The van der Waals surface area contributed by atoms with Gasteiger partial charge in [-0.3, -0.25) is 4.79 Å². The summed E-state index contributed by atoms with van der Waals surface area (Å²) in [6, 6.07) is 21.8. The molecule has 0 aliphatic heterocycles. The molecule has 0 bridgehead atoms. The zero-order chi connectivity index (χ0) is 24.8. The molecule has 0 atom stereocenters. The smallest absolute Gasteiger partial charge is 0.282 e. The Bertz CT molecular complexity index is 1870. The van der Waals surface area contributed by atoms with Gasteiger partial charge in [0.25, 0.3) is 5.56 Å². The quantitative estimate of drug-likeness (QED) is 0.209. The Balaban J connectivity index is 1.47. The Morgan fingerprint density at radius 3 is 2.69 bits per heavy atom. The number of benzene rings is 3. The van der Waals surface area contributed by atoms with Gasteiger partial charge in [-0.15, -0.1) is 0 Å². The predicted octanol–water partition coefficient (Wildman–Crippen LogP) is 7.51. The monoisotopic (exact) mass is 561 g/mol. The molecule has 3 aromatic heterocycles. The summed E-state index contributed by atoms with van der Waals surface area (Å²) in [5.41, 5.74) is 1.44. The van der Waals surface area contributed by atoms with Crippen LogP contribution in [0.15, 0.2) is 102 Å². The van der Waals surface area contributed by atoms with Gasteiger partial charge in [0.15, 0.2) is 5.76 Å². The third-order valence-corrected chi connectivity index (χ3v) is 6.47. The number of aromatic nitrogens is 2. The van der Waals surface area contributed by atoms with Crippen LogP contribution in [0.4, 0.5) is 4.39 Å². The predicted molar refractivity (Wildman–Crippen MR) is 141 cm³/mol. The lowest BCUT2D eigenvalue weighted by molar-refractivity contribution is 0.572. The summed E-state index contributed by atoms with van der Waals surface area (Å²) >= 11 is 9.47. The van der Waals surface area contributed by atoms with E-state index in [0.717, 1.165) is 5.39 Å². The maximum absolute atomic E-state index is 13.5. The van der Waals surface area contributed by atoms with Crippen molar-refractivity contribution in [2.75, 3.05) is 0 Å². The van der Waals surface area contributed by atoms with Gasteiger partial charge in [-0.1, -0.05) is 23.7 Å². The van der Waals surface area contributed by atoms with Crippen molar-refractivity contribution >= 4 is 55.6 Å². The Kier molecular flexibility index (Phi) is 5.55. The zero-order valence-corrected chi connectivity index (χ0v) is 20.6. The molecule has 3 aromatic carbocycles. The summed E-state index contributed by atoms with van der Waals surface area (Å²) in [7, 11) is 0. The van der Waals surface area contributed by atoms with Crippen molar-refractivity contribution in [2.45, 2.75) is 0 Å². The third-order valence-electron chi connectivity index (χ3n) is 5.58. The number of fused-ring (bicyclic) bond motifs is 2. The number of furan rings is 2. The highest BCUT2D eigenvalue weighted by Crippen LogP contribution is 2.31. The highest BCUT2D eigenvalue weighted by molar-refractivity contribution is 9.10. The molecule has 0 aliphatic rings. The lowest BCUT2D eigenvalue weighted by Gasteiger charge is -2.06. The summed E-state index contributed by atoms with van der Waals surface area (Å²) in [5, 5.41) is 6.15. The second kappa shape index (κ2) is 8.89. The summed E-state index contributed by atoms with van der Waals surface area (Å²) < 4.78 is 27.0. The van der Waals surface area contributed by atoms with Crippen LogP contribution in [-0.4, -0.2) is 15.9 Å². The largest absolute Gasteiger partial charge is 0.455 e. The van der Waals surface area contributed by atoms with E-state index < -0.39 is 0 Å². The highest BCUT2D eigenvalue weighted by atomic mass is 79.9. The Morgan fingerprint density at radius 2 is 1.83 bits per heavy atom. The average molecular weight is 563 g/mol. The van der Waals surface area contributed by atoms with Gasteiger partial charge in [0.05, 0.1) is 17.1 Å². The van der Waals surface area contributed by atoms with Gasteiger partial charge in [0.1, 0.15) is 22.9 Å². The molecule has 0 aliphatic carbocycles. The molecule has 36 heavy (non-hydrogen) atoms. The molecule has 0 fully saturated rings. The summed E-state index contributed by atoms with van der Waals surface area (Å²) in [5.74, 6) is 1.14. The van der Waals surface area contributed by atoms with E-state index in [1.807, 2.05) is 6.07 Å². The topological polar surface area (TPSA) is 73.5 Å². The Labute approximate surface area is 216 Å². The van der Waals surface area contributed by atoms with Crippen LogP contribution in [0.5, 0.6) is 0 Å². The first-order valence-electron chi connectivity index (χ1n) is 10.8. The lowest BCUT2D eigenvalue weighted by Crippen LogP contribution is -2.20. The van der Waals surface area contributed by atoms with Crippen molar-refractivity contribution in [3.8, 4) is 22.9 Å². The van der Waals surface area contributed by atoms with Gasteiger partial charge in [-0.25, -0.2) is 9.37 Å². The van der Waals surface area contributed by atoms with E-state index in [-0.39, 0.29) is 17.2 Å². The molecular weight excluding hydrogens is 549 g/mol. The maximum atomic E-state index is 13.5. The molecule has 0 unspecified atom stereocenters. The number of rotatable bonds is 4. The Morgan fingerprint density at radius 1 is 0.972 bits per heavy atom. The summed E-state index contributed by atoms with van der Waals surface area (Å²) in [6.45, 7) is 0. The zero-order valence-electron chi connectivity index (χ0n) is 18.3. The molecule has 0 spiro atoms. The minimum absolute atomic E-state index is 0.232. The standard InChI is InChI=1S/C27H14BrClFN3O3/c28-21-13-17(30)6-8-19(21)24-10-7-18(35-24)14-31-33-26(32-22-4-2-1-3-20(22)27(33)34)25-12-15-11-16(29)5-9-23(15)36-25/h1-14H. The van der Waals surface area contributed by atoms with Crippen LogP contribution in [0.2, 0.25) is 5.02 Å². The maximum Gasteiger partial charge on any atom is 0.282 e. The fourth-order valence-corrected chi connectivity index (χ4v) is 4.61. The van der Waals surface area contributed by atoms with Gasteiger partial charge < -0.3 is 8.83 Å². The van der Waals surface area contributed by atoms with E-state index in [2.05, 4.69) is 26.0 Å². The molecule has 6 aromatic rings. The molecule has 0 saturated carbocycles. The van der Waals surface area contributed by atoms with Crippen molar-refractivity contribution in [1.82, 2.24) is 9.66 Å². The number of nitrogens with zero attached hydrogens (tertiary/aromatic N) is 3. The van der Waals surface area contributed by atoms with Crippen molar-refractivity contribution in [3.63, 3.8) is 0 Å².